The molecule has 0 aliphatic rings. The van der Waals surface area contributed by atoms with Crippen molar-refractivity contribution in [2.45, 2.75) is 33.2 Å². The molecule has 2 heterocycles. The first kappa shape index (κ1) is 14.2. The van der Waals surface area contributed by atoms with Gasteiger partial charge in [0.05, 0.1) is 11.7 Å². The zero-order valence-corrected chi connectivity index (χ0v) is 12.2. The standard InChI is InChI=1S/C15H21N5/c1-4-8-17-15-18-10-11(2)14(20-15)19-12(3)13-7-5-6-9-16-13/h5-7,9-10,12H,4,8H2,1-3H3,(H2,17,18,19,20). The number of pyridine rings is 1. The molecular formula is C15H21N5. The molecule has 0 spiro atoms. The van der Waals surface area contributed by atoms with E-state index in [1.54, 1.807) is 6.20 Å². The minimum absolute atomic E-state index is 0.101. The third kappa shape index (κ3) is 3.66. The van der Waals surface area contributed by atoms with Crippen LogP contribution in [-0.4, -0.2) is 21.5 Å². The molecule has 1 atom stereocenters. The first-order valence-electron chi connectivity index (χ1n) is 6.95. The summed E-state index contributed by atoms with van der Waals surface area (Å²) in [4.78, 5) is 13.1. The summed E-state index contributed by atoms with van der Waals surface area (Å²) in [5, 5.41) is 6.59. The second-order valence-electron chi connectivity index (χ2n) is 4.77. The molecule has 0 saturated heterocycles. The quantitative estimate of drug-likeness (QED) is 0.845. The van der Waals surface area contributed by atoms with Crippen LogP contribution < -0.4 is 10.6 Å². The van der Waals surface area contributed by atoms with Gasteiger partial charge in [-0.25, -0.2) is 4.98 Å². The van der Waals surface area contributed by atoms with Gasteiger partial charge in [0.2, 0.25) is 5.95 Å². The Morgan fingerprint density at radius 3 is 2.80 bits per heavy atom. The summed E-state index contributed by atoms with van der Waals surface area (Å²) in [6, 6.07) is 6.01. The second-order valence-corrected chi connectivity index (χ2v) is 4.77. The van der Waals surface area contributed by atoms with Gasteiger partial charge >= 0.3 is 0 Å². The normalized spacial score (nSPS) is 11.9. The van der Waals surface area contributed by atoms with Crippen LogP contribution in [0.2, 0.25) is 0 Å². The highest BCUT2D eigenvalue weighted by molar-refractivity contribution is 5.47. The van der Waals surface area contributed by atoms with E-state index in [1.807, 2.05) is 31.3 Å². The maximum atomic E-state index is 4.51. The van der Waals surface area contributed by atoms with Crippen LogP contribution in [-0.2, 0) is 0 Å². The number of rotatable bonds is 6. The molecule has 106 valence electrons. The second kappa shape index (κ2) is 6.84. The molecule has 0 amide bonds. The van der Waals surface area contributed by atoms with Gasteiger partial charge in [0.25, 0.3) is 0 Å². The Balaban J connectivity index is 2.11. The van der Waals surface area contributed by atoms with Gasteiger partial charge in [0.15, 0.2) is 0 Å². The summed E-state index contributed by atoms with van der Waals surface area (Å²) in [5.41, 5.74) is 2.02. The van der Waals surface area contributed by atoms with Crippen molar-refractivity contribution in [2.75, 3.05) is 17.2 Å². The average molecular weight is 271 g/mol. The summed E-state index contributed by atoms with van der Waals surface area (Å²) in [5.74, 6) is 1.50. The Kier molecular flexibility index (Phi) is 4.87. The Bertz CT molecular complexity index is 541. The van der Waals surface area contributed by atoms with E-state index in [1.165, 1.54) is 0 Å². The SMILES string of the molecule is CCCNc1ncc(C)c(NC(C)c2ccccn2)n1. The third-order valence-corrected chi connectivity index (χ3v) is 2.99. The zero-order chi connectivity index (χ0) is 14.4. The van der Waals surface area contributed by atoms with E-state index in [-0.39, 0.29) is 6.04 Å². The monoisotopic (exact) mass is 271 g/mol. The van der Waals surface area contributed by atoms with Gasteiger partial charge in [0, 0.05) is 24.5 Å². The van der Waals surface area contributed by atoms with Crippen LogP contribution in [0.5, 0.6) is 0 Å². The lowest BCUT2D eigenvalue weighted by molar-refractivity contribution is 0.827. The molecule has 0 aromatic carbocycles. The predicted octanol–water partition coefficient (Wildman–Crippen LogP) is 3.18. The van der Waals surface area contributed by atoms with Crippen molar-refractivity contribution in [3.63, 3.8) is 0 Å². The van der Waals surface area contributed by atoms with Gasteiger partial charge in [-0.05, 0) is 32.4 Å². The topological polar surface area (TPSA) is 62.7 Å². The number of anilines is 2. The molecule has 2 aromatic rings. The highest BCUT2D eigenvalue weighted by Crippen LogP contribution is 2.19. The van der Waals surface area contributed by atoms with Crippen molar-refractivity contribution in [2.24, 2.45) is 0 Å². The van der Waals surface area contributed by atoms with Crippen molar-refractivity contribution in [1.29, 1.82) is 0 Å². The van der Waals surface area contributed by atoms with Crippen LogP contribution in [0.4, 0.5) is 11.8 Å². The summed E-state index contributed by atoms with van der Waals surface area (Å²) < 4.78 is 0. The highest BCUT2D eigenvalue weighted by atomic mass is 15.1. The molecule has 0 bridgehead atoms. The lowest BCUT2D eigenvalue weighted by Gasteiger charge is -2.16. The van der Waals surface area contributed by atoms with Crippen molar-refractivity contribution in [3.8, 4) is 0 Å². The molecule has 5 heteroatoms. The zero-order valence-electron chi connectivity index (χ0n) is 12.2. The van der Waals surface area contributed by atoms with E-state index in [4.69, 9.17) is 0 Å². The maximum absolute atomic E-state index is 4.51. The summed E-state index contributed by atoms with van der Waals surface area (Å²) in [7, 11) is 0. The summed E-state index contributed by atoms with van der Waals surface area (Å²) in [6.45, 7) is 7.06. The van der Waals surface area contributed by atoms with Crippen LogP contribution in [0.3, 0.4) is 0 Å². The van der Waals surface area contributed by atoms with Crippen LogP contribution in [0.25, 0.3) is 0 Å². The molecule has 0 aliphatic carbocycles. The molecule has 0 saturated carbocycles. The third-order valence-electron chi connectivity index (χ3n) is 2.99. The number of hydrogen-bond donors (Lipinski definition) is 2. The summed E-state index contributed by atoms with van der Waals surface area (Å²) in [6.07, 6.45) is 4.68. The van der Waals surface area contributed by atoms with Crippen molar-refractivity contribution in [1.82, 2.24) is 15.0 Å². The Hall–Kier alpha value is -2.17. The van der Waals surface area contributed by atoms with E-state index >= 15 is 0 Å². The number of nitrogens with one attached hydrogen (secondary N) is 2. The summed E-state index contributed by atoms with van der Waals surface area (Å²) >= 11 is 0. The van der Waals surface area contributed by atoms with Gasteiger partial charge in [-0.1, -0.05) is 13.0 Å². The molecule has 20 heavy (non-hydrogen) atoms. The smallest absolute Gasteiger partial charge is 0.224 e. The number of aryl methyl sites for hydroxylation is 1. The molecule has 2 N–H and O–H groups in total. The minimum atomic E-state index is 0.101. The van der Waals surface area contributed by atoms with E-state index in [9.17, 15) is 0 Å². The molecule has 0 aliphatic heterocycles. The maximum Gasteiger partial charge on any atom is 0.224 e. The fraction of sp³-hybridized carbons (Fsp3) is 0.400. The minimum Gasteiger partial charge on any atom is -0.362 e. The molecule has 0 radical (unpaired) electrons. The van der Waals surface area contributed by atoms with Crippen LogP contribution in [0, 0.1) is 6.92 Å². The van der Waals surface area contributed by atoms with Crippen LogP contribution in [0.15, 0.2) is 30.6 Å². The highest BCUT2D eigenvalue weighted by Gasteiger charge is 2.10. The number of hydrogen-bond acceptors (Lipinski definition) is 5. The molecule has 2 aromatic heterocycles. The van der Waals surface area contributed by atoms with E-state index in [0.717, 1.165) is 30.0 Å². The first-order chi connectivity index (χ1) is 9.70. The largest absolute Gasteiger partial charge is 0.362 e. The van der Waals surface area contributed by atoms with Gasteiger partial charge in [-0.3, -0.25) is 4.98 Å². The number of aromatic nitrogens is 3. The van der Waals surface area contributed by atoms with E-state index in [2.05, 4.69) is 39.4 Å². The first-order valence-corrected chi connectivity index (χ1v) is 6.95. The Morgan fingerprint density at radius 1 is 1.25 bits per heavy atom. The molecule has 5 nitrogen and oxygen atoms in total. The Morgan fingerprint density at radius 2 is 2.10 bits per heavy atom. The van der Waals surface area contributed by atoms with Gasteiger partial charge in [0.1, 0.15) is 5.82 Å². The Labute approximate surface area is 119 Å². The van der Waals surface area contributed by atoms with E-state index in [0.29, 0.717) is 5.95 Å². The fourth-order valence-corrected chi connectivity index (χ4v) is 1.82. The molecule has 2 rings (SSSR count). The predicted molar refractivity (Wildman–Crippen MR) is 81.8 cm³/mol. The van der Waals surface area contributed by atoms with Gasteiger partial charge in [-0.15, -0.1) is 0 Å². The lowest BCUT2D eigenvalue weighted by Crippen LogP contribution is -2.12. The van der Waals surface area contributed by atoms with Crippen LogP contribution >= 0.6 is 0 Å². The fourth-order valence-electron chi connectivity index (χ4n) is 1.82. The van der Waals surface area contributed by atoms with E-state index < -0.39 is 0 Å². The number of nitrogens with zero attached hydrogens (tertiary/aromatic N) is 3. The molecule has 1 unspecified atom stereocenters. The van der Waals surface area contributed by atoms with Gasteiger partial charge in [-0.2, -0.15) is 4.98 Å². The van der Waals surface area contributed by atoms with Crippen molar-refractivity contribution >= 4 is 11.8 Å². The van der Waals surface area contributed by atoms with Crippen molar-refractivity contribution in [3.05, 3.63) is 41.9 Å². The van der Waals surface area contributed by atoms with Crippen molar-refractivity contribution < 1.29 is 0 Å². The van der Waals surface area contributed by atoms with Gasteiger partial charge < -0.3 is 10.6 Å². The van der Waals surface area contributed by atoms with Crippen LogP contribution in [0.1, 0.15) is 37.6 Å². The molecular weight excluding hydrogens is 250 g/mol. The average Bonchev–Trinajstić information content (AvgIpc) is 2.49. The lowest BCUT2D eigenvalue weighted by atomic mass is 10.2. The molecule has 0 fully saturated rings.